The van der Waals surface area contributed by atoms with E-state index >= 15 is 0 Å². The van der Waals surface area contributed by atoms with Gasteiger partial charge in [-0.3, -0.25) is 4.79 Å². The van der Waals surface area contributed by atoms with Crippen LogP contribution in [0, 0.1) is 16.7 Å². The number of rotatable bonds is 2. The number of carbonyl (C=O) groups excluding carboxylic acids is 1. The van der Waals surface area contributed by atoms with Gasteiger partial charge in [0.15, 0.2) is 5.78 Å². The zero-order chi connectivity index (χ0) is 12.7. The number of hydrogen-bond donors (Lipinski definition) is 0. The SMILES string of the molecule is C[C@H]1CC[C@@](C)(C(=O)c2ccccc2)C1(C)C. The van der Waals surface area contributed by atoms with Crippen molar-refractivity contribution in [2.75, 3.05) is 0 Å². The van der Waals surface area contributed by atoms with Crippen LogP contribution in [0.4, 0.5) is 0 Å². The second kappa shape index (κ2) is 3.97. The van der Waals surface area contributed by atoms with Crippen LogP contribution in [0.25, 0.3) is 0 Å². The molecule has 0 bridgehead atoms. The molecule has 0 amide bonds. The van der Waals surface area contributed by atoms with Crippen LogP contribution >= 0.6 is 0 Å². The highest BCUT2D eigenvalue weighted by Gasteiger charge is 2.53. The van der Waals surface area contributed by atoms with E-state index in [0.29, 0.717) is 11.7 Å². The lowest BCUT2D eigenvalue weighted by Gasteiger charge is -2.39. The maximum Gasteiger partial charge on any atom is 0.169 e. The molecule has 1 aromatic carbocycles. The molecule has 0 radical (unpaired) electrons. The van der Waals surface area contributed by atoms with Crippen LogP contribution in [0.2, 0.25) is 0 Å². The van der Waals surface area contributed by atoms with E-state index in [1.165, 1.54) is 0 Å². The molecule has 0 saturated heterocycles. The molecule has 0 aliphatic heterocycles. The van der Waals surface area contributed by atoms with Gasteiger partial charge in [0.2, 0.25) is 0 Å². The smallest absolute Gasteiger partial charge is 0.169 e. The topological polar surface area (TPSA) is 17.1 Å². The second-order valence-corrected chi connectivity index (χ2v) is 6.19. The van der Waals surface area contributed by atoms with Crippen LogP contribution in [-0.4, -0.2) is 5.78 Å². The van der Waals surface area contributed by atoms with Gasteiger partial charge in [-0.2, -0.15) is 0 Å². The Morgan fingerprint density at radius 3 is 2.24 bits per heavy atom. The molecule has 0 unspecified atom stereocenters. The van der Waals surface area contributed by atoms with Crippen molar-refractivity contribution in [3.05, 3.63) is 35.9 Å². The average Bonchev–Trinajstić information content (AvgIpc) is 2.54. The van der Waals surface area contributed by atoms with E-state index in [2.05, 4.69) is 27.7 Å². The first-order valence-electron chi connectivity index (χ1n) is 6.49. The Kier molecular flexibility index (Phi) is 2.89. The maximum absolute atomic E-state index is 12.7. The molecule has 0 aromatic heterocycles. The molecule has 1 heteroatoms. The van der Waals surface area contributed by atoms with Gasteiger partial charge in [0.1, 0.15) is 0 Å². The van der Waals surface area contributed by atoms with Crippen molar-refractivity contribution in [2.24, 2.45) is 16.7 Å². The monoisotopic (exact) mass is 230 g/mol. The standard InChI is InChI=1S/C16H22O/c1-12-10-11-16(4,15(12,2)3)14(17)13-8-6-5-7-9-13/h5-9,12H,10-11H2,1-4H3/t12-,16-/m0/s1. The summed E-state index contributed by atoms with van der Waals surface area (Å²) < 4.78 is 0. The Morgan fingerprint density at radius 2 is 1.76 bits per heavy atom. The van der Waals surface area contributed by atoms with E-state index in [4.69, 9.17) is 0 Å². The van der Waals surface area contributed by atoms with Crippen molar-refractivity contribution in [3.63, 3.8) is 0 Å². The van der Waals surface area contributed by atoms with Gasteiger partial charge in [-0.05, 0) is 24.2 Å². The zero-order valence-corrected chi connectivity index (χ0v) is 11.3. The zero-order valence-electron chi connectivity index (χ0n) is 11.3. The number of carbonyl (C=O) groups is 1. The number of hydrogen-bond acceptors (Lipinski definition) is 1. The highest BCUT2D eigenvalue weighted by Crippen LogP contribution is 2.56. The summed E-state index contributed by atoms with van der Waals surface area (Å²) in [4.78, 5) is 12.7. The molecule has 1 aliphatic carbocycles. The minimum Gasteiger partial charge on any atom is -0.294 e. The first-order chi connectivity index (χ1) is 7.89. The number of ketones is 1. The van der Waals surface area contributed by atoms with E-state index in [1.54, 1.807) is 0 Å². The lowest BCUT2D eigenvalue weighted by Crippen LogP contribution is -2.40. The van der Waals surface area contributed by atoms with Crippen molar-refractivity contribution in [1.82, 2.24) is 0 Å². The summed E-state index contributed by atoms with van der Waals surface area (Å²) in [6, 6.07) is 9.73. The van der Waals surface area contributed by atoms with Gasteiger partial charge in [-0.15, -0.1) is 0 Å². The number of Topliss-reactive ketones (excluding diaryl/α,β-unsaturated/α-hetero) is 1. The molecular weight excluding hydrogens is 208 g/mol. The van der Waals surface area contributed by atoms with Gasteiger partial charge < -0.3 is 0 Å². The minimum absolute atomic E-state index is 0.0833. The molecule has 2 atom stereocenters. The van der Waals surface area contributed by atoms with Gasteiger partial charge in [0.05, 0.1) is 0 Å². The van der Waals surface area contributed by atoms with Gasteiger partial charge in [0.25, 0.3) is 0 Å². The van der Waals surface area contributed by atoms with E-state index < -0.39 is 0 Å². The molecular formula is C16H22O. The minimum atomic E-state index is -0.215. The van der Waals surface area contributed by atoms with E-state index in [1.807, 2.05) is 30.3 Å². The Labute approximate surface area is 104 Å². The molecule has 2 rings (SSSR count). The van der Waals surface area contributed by atoms with Gasteiger partial charge in [0, 0.05) is 11.0 Å². The largest absolute Gasteiger partial charge is 0.294 e. The lowest BCUT2D eigenvalue weighted by molar-refractivity contribution is 0.0546. The molecule has 0 heterocycles. The summed E-state index contributed by atoms with van der Waals surface area (Å²) in [5.74, 6) is 0.924. The van der Waals surface area contributed by atoms with E-state index in [9.17, 15) is 4.79 Å². The predicted octanol–water partition coefficient (Wildman–Crippen LogP) is 4.33. The summed E-state index contributed by atoms with van der Waals surface area (Å²) in [7, 11) is 0. The van der Waals surface area contributed by atoms with Crippen molar-refractivity contribution in [2.45, 2.75) is 40.5 Å². The molecule has 17 heavy (non-hydrogen) atoms. The Bertz CT molecular complexity index is 418. The van der Waals surface area contributed by atoms with Crippen LogP contribution in [0.15, 0.2) is 30.3 Å². The quantitative estimate of drug-likeness (QED) is 0.691. The summed E-state index contributed by atoms with van der Waals surface area (Å²) in [6.07, 6.45) is 2.16. The molecule has 92 valence electrons. The molecule has 1 fully saturated rings. The normalized spacial score (nSPS) is 31.4. The lowest BCUT2D eigenvalue weighted by atomic mass is 9.63. The van der Waals surface area contributed by atoms with Crippen LogP contribution in [-0.2, 0) is 0 Å². The highest BCUT2D eigenvalue weighted by molar-refractivity contribution is 6.01. The molecule has 1 aromatic rings. The fraction of sp³-hybridized carbons (Fsp3) is 0.562. The van der Waals surface area contributed by atoms with Crippen LogP contribution in [0.1, 0.15) is 50.9 Å². The van der Waals surface area contributed by atoms with Gasteiger partial charge in [-0.25, -0.2) is 0 Å². The summed E-state index contributed by atoms with van der Waals surface area (Å²) in [6.45, 7) is 8.90. The Morgan fingerprint density at radius 1 is 1.18 bits per heavy atom. The molecule has 1 aliphatic rings. The molecule has 0 N–H and O–H groups in total. The van der Waals surface area contributed by atoms with Crippen LogP contribution < -0.4 is 0 Å². The van der Waals surface area contributed by atoms with E-state index in [0.717, 1.165) is 18.4 Å². The van der Waals surface area contributed by atoms with Crippen molar-refractivity contribution in [1.29, 1.82) is 0 Å². The summed E-state index contributed by atoms with van der Waals surface area (Å²) >= 11 is 0. The van der Waals surface area contributed by atoms with Crippen molar-refractivity contribution in [3.8, 4) is 0 Å². The third kappa shape index (κ3) is 1.72. The third-order valence-corrected chi connectivity index (χ3v) is 5.27. The first-order valence-corrected chi connectivity index (χ1v) is 6.49. The Hall–Kier alpha value is -1.11. The summed E-state index contributed by atoms with van der Waals surface area (Å²) in [5.41, 5.74) is 0.727. The average molecular weight is 230 g/mol. The first kappa shape index (κ1) is 12.3. The fourth-order valence-corrected chi connectivity index (χ4v) is 3.05. The molecule has 0 spiro atoms. The van der Waals surface area contributed by atoms with Crippen LogP contribution in [0.5, 0.6) is 0 Å². The fourth-order valence-electron chi connectivity index (χ4n) is 3.05. The maximum atomic E-state index is 12.7. The predicted molar refractivity (Wildman–Crippen MR) is 71.1 cm³/mol. The Balaban J connectivity index is 2.38. The van der Waals surface area contributed by atoms with Gasteiger partial charge >= 0.3 is 0 Å². The van der Waals surface area contributed by atoms with Gasteiger partial charge in [-0.1, -0.05) is 58.0 Å². The van der Waals surface area contributed by atoms with Crippen molar-refractivity contribution < 1.29 is 4.79 Å². The van der Waals surface area contributed by atoms with E-state index in [-0.39, 0.29) is 10.8 Å². The van der Waals surface area contributed by atoms with Crippen molar-refractivity contribution >= 4 is 5.78 Å². The third-order valence-electron chi connectivity index (χ3n) is 5.27. The second-order valence-electron chi connectivity index (χ2n) is 6.19. The molecule has 1 nitrogen and oxygen atoms in total. The van der Waals surface area contributed by atoms with Crippen LogP contribution in [0.3, 0.4) is 0 Å². The molecule has 1 saturated carbocycles. The highest BCUT2D eigenvalue weighted by atomic mass is 16.1. The summed E-state index contributed by atoms with van der Waals surface area (Å²) in [5, 5.41) is 0. The number of benzene rings is 1.